The van der Waals surface area contributed by atoms with Crippen molar-refractivity contribution in [1.29, 1.82) is 0 Å². The topological polar surface area (TPSA) is 67.2 Å². The lowest BCUT2D eigenvalue weighted by Gasteiger charge is -2.38. The fourth-order valence-corrected chi connectivity index (χ4v) is 4.42. The van der Waals surface area contributed by atoms with Gasteiger partial charge in [0.1, 0.15) is 11.6 Å². The summed E-state index contributed by atoms with van der Waals surface area (Å²) in [6.07, 6.45) is 5.16. The second-order valence-electron chi connectivity index (χ2n) is 7.73. The van der Waals surface area contributed by atoms with Crippen LogP contribution in [0.1, 0.15) is 24.6 Å². The van der Waals surface area contributed by atoms with Crippen molar-refractivity contribution in [3.63, 3.8) is 0 Å². The maximum atomic E-state index is 14.1. The van der Waals surface area contributed by atoms with Crippen molar-refractivity contribution in [3.05, 3.63) is 60.4 Å². The number of fused-ring (bicyclic) bond motifs is 1. The van der Waals surface area contributed by atoms with Crippen molar-refractivity contribution in [2.24, 2.45) is 0 Å². The van der Waals surface area contributed by atoms with Crippen molar-refractivity contribution < 1.29 is 9.18 Å². The summed E-state index contributed by atoms with van der Waals surface area (Å²) in [5, 5.41) is 8.76. The Morgan fingerprint density at radius 3 is 2.50 bits per heavy atom. The average molecular weight is 406 g/mol. The summed E-state index contributed by atoms with van der Waals surface area (Å²) in [5.74, 6) is 1.13. The fourth-order valence-electron chi connectivity index (χ4n) is 4.42. The Morgan fingerprint density at radius 2 is 1.73 bits per heavy atom. The first kappa shape index (κ1) is 18.7. The molecule has 8 heteroatoms. The van der Waals surface area contributed by atoms with Crippen LogP contribution in [0.5, 0.6) is 0 Å². The van der Waals surface area contributed by atoms with Gasteiger partial charge in [-0.1, -0.05) is 12.1 Å². The van der Waals surface area contributed by atoms with Crippen LogP contribution in [-0.2, 0) is 11.3 Å². The van der Waals surface area contributed by atoms with Crippen LogP contribution >= 0.6 is 0 Å². The molecule has 0 radical (unpaired) electrons. The fraction of sp³-hybridized carbons (Fsp3) is 0.364. The molecule has 154 valence electrons. The molecule has 0 spiro atoms. The second kappa shape index (κ2) is 7.85. The summed E-state index contributed by atoms with van der Waals surface area (Å²) in [6, 6.07) is 10.6. The zero-order chi connectivity index (χ0) is 20.5. The molecule has 0 N–H and O–H groups in total. The van der Waals surface area contributed by atoms with Crippen molar-refractivity contribution in [1.82, 2.24) is 24.6 Å². The van der Waals surface area contributed by atoms with Gasteiger partial charge in [-0.05, 0) is 37.1 Å². The Balaban J connectivity index is 1.32. The zero-order valence-electron chi connectivity index (χ0n) is 16.6. The van der Waals surface area contributed by atoms with Gasteiger partial charge in [0.25, 0.3) is 0 Å². The van der Waals surface area contributed by atoms with E-state index in [1.165, 1.54) is 6.07 Å². The molecule has 1 amide bonds. The molecule has 2 aromatic heterocycles. The minimum absolute atomic E-state index is 0.0952. The molecule has 1 fully saturated rings. The predicted octanol–water partition coefficient (Wildman–Crippen LogP) is 2.71. The van der Waals surface area contributed by atoms with E-state index in [-0.39, 0.29) is 17.6 Å². The summed E-state index contributed by atoms with van der Waals surface area (Å²) >= 11 is 0. The van der Waals surface area contributed by atoms with Crippen LogP contribution in [0.2, 0.25) is 0 Å². The quantitative estimate of drug-likeness (QED) is 0.669. The number of piperazine rings is 1. The van der Waals surface area contributed by atoms with Crippen molar-refractivity contribution in [3.8, 4) is 11.4 Å². The van der Waals surface area contributed by atoms with Crippen molar-refractivity contribution in [2.75, 3.05) is 31.1 Å². The first-order valence-corrected chi connectivity index (χ1v) is 10.3. The lowest BCUT2D eigenvalue weighted by Crippen LogP contribution is -2.50. The van der Waals surface area contributed by atoms with Gasteiger partial charge in [-0.25, -0.2) is 4.39 Å². The highest BCUT2D eigenvalue weighted by Crippen LogP contribution is 2.32. The Morgan fingerprint density at radius 1 is 0.967 bits per heavy atom. The van der Waals surface area contributed by atoms with E-state index in [1.54, 1.807) is 24.5 Å². The number of anilines is 1. The summed E-state index contributed by atoms with van der Waals surface area (Å²) in [5.41, 5.74) is 1.55. The van der Waals surface area contributed by atoms with Crippen molar-refractivity contribution >= 4 is 11.6 Å². The van der Waals surface area contributed by atoms with Crippen LogP contribution < -0.4 is 4.90 Å². The summed E-state index contributed by atoms with van der Waals surface area (Å²) in [7, 11) is 0. The molecular weight excluding hydrogens is 383 g/mol. The maximum absolute atomic E-state index is 14.1. The van der Waals surface area contributed by atoms with E-state index in [0.29, 0.717) is 31.9 Å². The van der Waals surface area contributed by atoms with Crippen LogP contribution in [-0.4, -0.2) is 56.7 Å². The molecule has 0 aliphatic carbocycles. The molecule has 7 nitrogen and oxygen atoms in total. The number of amides is 1. The van der Waals surface area contributed by atoms with Crippen LogP contribution in [0.15, 0.2) is 48.8 Å². The lowest BCUT2D eigenvalue weighted by atomic mass is 9.96. The molecule has 4 heterocycles. The molecule has 2 aliphatic rings. The number of para-hydroxylation sites is 1. The molecule has 0 saturated carbocycles. The van der Waals surface area contributed by atoms with Crippen LogP contribution in [0.25, 0.3) is 11.4 Å². The van der Waals surface area contributed by atoms with Crippen LogP contribution in [0.4, 0.5) is 10.1 Å². The molecule has 2 aliphatic heterocycles. The average Bonchev–Trinajstić information content (AvgIpc) is 3.24. The number of nitrogens with zero attached hydrogens (tertiary/aromatic N) is 6. The van der Waals surface area contributed by atoms with Gasteiger partial charge in [-0.3, -0.25) is 9.78 Å². The minimum Gasteiger partial charge on any atom is -0.366 e. The number of hydrogen-bond donors (Lipinski definition) is 0. The van der Waals surface area contributed by atoms with Gasteiger partial charge in [0.05, 0.1) is 11.6 Å². The maximum Gasteiger partial charge on any atom is 0.233 e. The summed E-state index contributed by atoms with van der Waals surface area (Å²) < 4.78 is 16.2. The van der Waals surface area contributed by atoms with Crippen molar-refractivity contribution in [2.45, 2.75) is 25.3 Å². The Bertz CT molecular complexity index is 1040. The molecule has 3 aromatic rings. The minimum atomic E-state index is -0.276. The van der Waals surface area contributed by atoms with E-state index in [1.807, 2.05) is 28.0 Å². The largest absolute Gasteiger partial charge is 0.366 e. The normalized spacial score (nSPS) is 18.9. The Labute approximate surface area is 174 Å². The van der Waals surface area contributed by atoms with Crippen LogP contribution in [0.3, 0.4) is 0 Å². The summed E-state index contributed by atoms with van der Waals surface area (Å²) in [4.78, 5) is 21.3. The van der Waals surface area contributed by atoms with Gasteiger partial charge >= 0.3 is 0 Å². The number of pyridine rings is 1. The van der Waals surface area contributed by atoms with Gasteiger partial charge < -0.3 is 14.4 Å². The molecule has 0 bridgehead atoms. The highest BCUT2D eigenvalue weighted by molar-refractivity contribution is 5.83. The predicted molar refractivity (Wildman–Crippen MR) is 110 cm³/mol. The highest BCUT2D eigenvalue weighted by atomic mass is 19.1. The number of halogens is 1. The number of carbonyl (C=O) groups is 1. The van der Waals surface area contributed by atoms with Gasteiger partial charge in [0.2, 0.25) is 5.91 Å². The number of hydrogen-bond acceptors (Lipinski definition) is 5. The number of benzene rings is 1. The number of aromatic nitrogens is 4. The molecule has 1 saturated heterocycles. The third-order valence-electron chi connectivity index (χ3n) is 5.99. The lowest BCUT2D eigenvalue weighted by molar-refractivity contribution is -0.133. The summed E-state index contributed by atoms with van der Waals surface area (Å²) in [6.45, 7) is 3.21. The molecule has 1 aromatic carbocycles. The Kier molecular flexibility index (Phi) is 4.90. The standard InChI is InChI=1S/C22H23FN6O/c23-18-5-1-2-6-19(18)27-12-14-28(15-13-27)22(30)17-4-3-11-29-20(25-26-21(17)29)16-7-9-24-10-8-16/h1-2,5-10,17H,3-4,11-15H2. The number of carbonyl (C=O) groups excluding carboxylic acids is 1. The first-order chi connectivity index (χ1) is 14.7. The van der Waals surface area contributed by atoms with Gasteiger partial charge in [0.15, 0.2) is 5.82 Å². The second-order valence-corrected chi connectivity index (χ2v) is 7.73. The van der Waals surface area contributed by atoms with E-state index < -0.39 is 0 Å². The number of rotatable bonds is 3. The van der Waals surface area contributed by atoms with Gasteiger partial charge in [-0.2, -0.15) is 0 Å². The third-order valence-corrected chi connectivity index (χ3v) is 5.99. The third kappa shape index (κ3) is 3.32. The SMILES string of the molecule is O=C(C1CCCn2c(-c3ccncc3)nnc21)N1CCN(c2ccccc2F)CC1. The Hall–Kier alpha value is -3.29. The van der Waals surface area contributed by atoms with E-state index >= 15 is 0 Å². The molecular formula is C22H23FN6O. The van der Waals surface area contributed by atoms with E-state index in [9.17, 15) is 9.18 Å². The monoisotopic (exact) mass is 406 g/mol. The van der Waals surface area contributed by atoms with E-state index in [4.69, 9.17) is 0 Å². The van der Waals surface area contributed by atoms with Crippen LogP contribution in [0, 0.1) is 5.82 Å². The highest BCUT2D eigenvalue weighted by Gasteiger charge is 2.35. The molecule has 5 rings (SSSR count). The molecule has 1 unspecified atom stereocenters. The smallest absolute Gasteiger partial charge is 0.233 e. The van der Waals surface area contributed by atoms with Gasteiger partial charge in [0, 0.05) is 50.7 Å². The van der Waals surface area contributed by atoms with Gasteiger partial charge in [-0.15, -0.1) is 10.2 Å². The first-order valence-electron chi connectivity index (χ1n) is 10.3. The molecule has 1 atom stereocenters. The van der Waals surface area contributed by atoms with E-state index in [0.717, 1.165) is 36.6 Å². The molecule has 30 heavy (non-hydrogen) atoms. The zero-order valence-corrected chi connectivity index (χ0v) is 16.6. The van der Waals surface area contributed by atoms with E-state index in [2.05, 4.69) is 19.7 Å².